The third kappa shape index (κ3) is 9.90. The van der Waals surface area contributed by atoms with Gasteiger partial charge in [0.1, 0.15) is 0 Å². The zero-order valence-corrected chi connectivity index (χ0v) is 20.2. The summed E-state index contributed by atoms with van der Waals surface area (Å²) >= 11 is 1.78. The molecule has 0 unspecified atom stereocenters. The molecule has 2 saturated heterocycles. The number of hydrogen-bond acceptors (Lipinski definition) is 7. The van der Waals surface area contributed by atoms with Crippen molar-refractivity contribution in [3.63, 3.8) is 0 Å². The minimum absolute atomic E-state index is 0.0490. The standard InChI is InChI=1S/C18H21N3O2S.2C2HF3O2/c22-18(20-8-13-4-1-2-6-19-13)16-12-23-17-11-21(10-15(16)17)9-14-5-3-7-24-14;2*3-2(4,5)1(6)7/h1-7,15-17H,8-12H2,(H,20,22);2*(H,6,7)/t15-,16+,17-;;/m1../s1. The number of likely N-dealkylation sites (tertiary alicyclic amines) is 1. The first-order valence-electron chi connectivity index (χ1n) is 10.8. The maximum atomic E-state index is 12.5. The van der Waals surface area contributed by atoms with E-state index in [1.165, 1.54) is 4.88 Å². The Kier molecular flexibility index (Phi) is 11.0. The molecule has 0 radical (unpaired) electrons. The smallest absolute Gasteiger partial charge is 0.475 e. The summed E-state index contributed by atoms with van der Waals surface area (Å²) in [5, 5.41) is 19.4. The second kappa shape index (κ2) is 13.5. The van der Waals surface area contributed by atoms with Crippen LogP contribution in [0.5, 0.6) is 0 Å². The largest absolute Gasteiger partial charge is 0.490 e. The summed E-state index contributed by atoms with van der Waals surface area (Å²) in [6, 6.07) is 9.98. The van der Waals surface area contributed by atoms with Crippen LogP contribution in [-0.2, 0) is 32.2 Å². The highest BCUT2D eigenvalue weighted by atomic mass is 32.1. The first kappa shape index (κ1) is 31.0. The van der Waals surface area contributed by atoms with Gasteiger partial charge in [-0.3, -0.25) is 14.7 Å². The molecule has 0 spiro atoms. The van der Waals surface area contributed by atoms with Gasteiger partial charge in [0.15, 0.2) is 0 Å². The second-order valence-corrected chi connectivity index (χ2v) is 9.09. The third-order valence-corrected chi connectivity index (χ3v) is 6.20. The molecule has 16 heteroatoms. The number of hydrogen-bond donors (Lipinski definition) is 3. The first-order valence-corrected chi connectivity index (χ1v) is 11.7. The predicted molar refractivity (Wildman–Crippen MR) is 120 cm³/mol. The van der Waals surface area contributed by atoms with Crippen LogP contribution in [0.15, 0.2) is 41.9 Å². The molecule has 2 aromatic rings. The van der Waals surface area contributed by atoms with E-state index in [1.807, 2.05) is 18.2 Å². The maximum absolute atomic E-state index is 12.5. The van der Waals surface area contributed by atoms with Crippen LogP contribution in [0.1, 0.15) is 10.6 Å². The first-order chi connectivity index (χ1) is 17.7. The summed E-state index contributed by atoms with van der Waals surface area (Å²) in [6.07, 6.45) is -8.23. The van der Waals surface area contributed by atoms with Gasteiger partial charge in [0, 0.05) is 36.6 Å². The summed E-state index contributed by atoms with van der Waals surface area (Å²) in [7, 11) is 0. The van der Waals surface area contributed by atoms with Gasteiger partial charge in [-0.25, -0.2) is 9.59 Å². The van der Waals surface area contributed by atoms with Crippen LogP contribution in [0.2, 0.25) is 0 Å². The number of alkyl halides is 6. The molecule has 2 aliphatic heterocycles. The number of ether oxygens (including phenoxy) is 1. The number of fused-ring (bicyclic) bond motifs is 1. The molecule has 1 amide bonds. The van der Waals surface area contributed by atoms with Crippen molar-refractivity contribution in [3.05, 3.63) is 52.5 Å². The number of nitrogens with one attached hydrogen (secondary N) is 1. The van der Waals surface area contributed by atoms with E-state index in [2.05, 4.69) is 32.7 Å². The number of amides is 1. The Labute approximate surface area is 216 Å². The van der Waals surface area contributed by atoms with Crippen LogP contribution in [0.3, 0.4) is 0 Å². The topological polar surface area (TPSA) is 129 Å². The van der Waals surface area contributed by atoms with Gasteiger partial charge >= 0.3 is 24.3 Å². The lowest BCUT2D eigenvalue weighted by Gasteiger charge is -2.18. The Balaban J connectivity index is 0.000000301. The number of thiophene rings is 1. The summed E-state index contributed by atoms with van der Waals surface area (Å²) < 4.78 is 69.4. The van der Waals surface area contributed by atoms with Crippen molar-refractivity contribution >= 4 is 29.2 Å². The molecule has 0 bridgehead atoms. The molecule has 3 atom stereocenters. The molecule has 3 N–H and O–H groups in total. The predicted octanol–water partition coefficient (Wildman–Crippen LogP) is 3.17. The summed E-state index contributed by atoms with van der Waals surface area (Å²) in [5.41, 5.74) is 0.882. The number of pyridine rings is 1. The molecule has 38 heavy (non-hydrogen) atoms. The Morgan fingerprint density at radius 1 is 1.03 bits per heavy atom. The lowest BCUT2D eigenvalue weighted by atomic mass is 9.92. The van der Waals surface area contributed by atoms with Crippen molar-refractivity contribution in [3.8, 4) is 0 Å². The van der Waals surface area contributed by atoms with E-state index in [0.29, 0.717) is 19.1 Å². The number of carboxylic acids is 2. The van der Waals surface area contributed by atoms with Crippen molar-refractivity contribution in [1.82, 2.24) is 15.2 Å². The van der Waals surface area contributed by atoms with Gasteiger partial charge in [0.2, 0.25) is 5.91 Å². The average Bonchev–Trinajstić information content (AvgIpc) is 3.56. The number of carboxylic acid groups (broad SMARTS) is 2. The molecule has 4 rings (SSSR count). The number of rotatable bonds is 5. The van der Waals surface area contributed by atoms with Gasteiger partial charge in [-0.2, -0.15) is 26.3 Å². The molecule has 2 aromatic heterocycles. The second-order valence-electron chi connectivity index (χ2n) is 8.06. The van der Waals surface area contributed by atoms with Gasteiger partial charge in [0.05, 0.1) is 30.9 Å². The number of carbonyl (C=O) groups is 3. The molecule has 0 aromatic carbocycles. The Hall–Kier alpha value is -3.24. The molecule has 210 valence electrons. The number of carbonyl (C=O) groups excluding carboxylic acids is 1. The van der Waals surface area contributed by atoms with Gasteiger partial charge in [-0.1, -0.05) is 12.1 Å². The van der Waals surface area contributed by atoms with Crippen LogP contribution < -0.4 is 5.32 Å². The number of aliphatic carboxylic acids is 2. The molecular weight excluding hydrogens is 548 g/mol. The summed E-state index contributed by atoms with van der Waals surface area (Å²) in [6.45, 7) is 3.83. The minimum Gasteiger partial charge on any atom is -0.475 e. The third-order valence-electron chi connectivity index (χ3n) is 5.34. The number of aromatic nitrogens is 1. The monoisotopic (exact) mass is 571 g/mol. The molecule has 9 nitrogen and oxygen atoms in total. The highest BCUT2D eigenvalue weighted by molar-refractivity contribution is 7.09. The normalized spacial score (nSPS) is 20.8. The average molecular weight is 571 g/mol. The van der Waals surface area contributed by atoms with Gasteiger partial charge < -0.3 is 20.3 Å². The molecule has 0 aliphatic carbocycles. The van der Waals surface area contributed by atoms with Gasteiger partial charge in [0.25, 0.3) is 0 Å². The van der Waals surface area contributed by atoms with E-state index in [0.717, 1.165) is 25.3 Å². The van der Waals surface area contributed by atoms with E-state index < -0.39 is 24.3 Å². The van der Waals surface area contributed by atoms with E-state index in [4.69, 9.17) is 24.5 Å². The fraction of sp³-hybridized carbons (Fsp3) is 0.455. The van der Waals surface area contributed by atoms with Crippen molar-refractivity contribution in [2.45, 2.75) is 31.5 Å². The minimum atomic E-state index is -5.08. The maximum Gasteiger partial charge on any atom is 0.490 e. The Morgan fingerprint density at radius 3 is 2.16 bits per heavy atom. The van der Waals surface area contributed by atoms with Crippen LogP contribution in [0.4, 0.5) is 26.3 Å². The number of nitrogens with zero attached hydrogens (tertiary/aromatic N) is 2. The van der Waals surface area contributed by atoms with Gasteiger partial charge in [-0.15, -0.1) is 11.3 Å². The zero-order chi connectivity index (χ0) is 28.5. The van der Waals surface area contributed by atoms with Crippen molar-refractivity contribution in [1.29, 1.82) is 0 Å². The SMILES string of the molecule is O=C(NCc1ccccn1)[C@H]1CO[C@@H]2CN(Cc3cccs3)C[C@H]12.O=C(O)C(F)(F)F.O=C(O)C(F)(F)F. The molecule has 2 fully saturated rings. The molecule has 0 saturated carbocycles. The van der Waals surface area contributed by atoms with Crippen LogP contribution in [-0.4, -0.2) is 76.1 Å². The quantitative estimate of drug-likeness (QED) is 0.467. The van der Waals surface area contributed by atoms with E-state index in [9.17, 15) is 31.1 Å². The van der Waals surface area contributed by atoms with E-state index >= 15 is 0 Å². The van der Waals surface area contributed by atoms with Crippen molar-refractivity contribution < 1.29 is 55.7 Å². The van der Waals surface area contributed by atoms with E-state index in [1.54, 1.807) is 17.5 Å². The van der Waals surface area contributed by atoms with Crippen molar-refractivity contribution in [2.24, 2.45) is 11.8 Å². The lowest BCUT2D eigenvalue weighted by Crippen LogP contribution is -2.36. The van der Waals surface area contributed by atoms with Gasteiger partial charge in [-0.05, 0) is 23.6 Å². The Morgan fingerprint density at radius 2 is 1.66 bits per heavy atom. The van der Waals surface area contributed by atoms with Crippen LogP contribution >= 0.6 is 11.3 Å². The fourth-order valence-electron chi connectivity index (χ4n) is 3.63. The highest BCUT2D eigenvalue weighted by Gasteiger charge is 2.46. The molecule has 2 aliphatic rings. The van der Waals surface area contributed by atoms with Crippen molar-refractivity contribution in [2.75, 3.05) is 19.7 Å². The Bertz CT molecular complexity index is 1030. The highest BCUT2D eigenvalue weighted by Crippen LogP contribution is 2.34. The van der Waals surface area contributed by atoms with Crippen LogP contribution in [0.25, 0.3) is 0 Å². The summed E-state index contributed by atoms with van der Waals surface area (Å²) in [5.74, 6) is -5.17. The lowest BCUT2D eigenvalue weighted by molar-refractivity contribution is -0.193. The zero-order valence-electron chi connectivity index (χ0n) is 19.4. The summed E-state index contributed by atoms with van der Waals surface area (Å²) in [4.78, 5) is 38.4. The fourth-order valence-corrected chi connectivity index (χ4v) is 4.37. The van der Waals surface area contributed by atoms with Crippen LogP contribution in [0, 0.1) is 11.8 Å². The molecular formula is C22H23F6N3O6S. The van der Waals surface area contributed by atoms with E-state index in [-0.39, 0.29) is 17.9 Å². The molecule has 4 heterocycles. The number of halogens is 6.